The summed E-state index contributed by atoms with van der Waals surface area (Å²) < 4.78 is 13.3. The zero-order chi connectivity index (χ0) is 14.8. The Morgan fingerprint density at radius 1 is 1.19 bits per heavy atom. The number of H-pyrrole nitrogens is 1. The Bertz CT molecular complexity index is 736. The predicted molar refractivity (Wildman–Crippen MR) is 83.9 cm³/mol. The van der Waals surface area contributed by atoms with Crippen LogP contribution in [0.5, 0.6) is 0 Å². The molecular weight excluding hydrogens is 265 g/mol. The van der Waals surface area contributed by atoms with Gasteiger partial charge in [-0.3, -0.25) is 0 Å². The van der Waals surface area contributed by atoms with Crippen molar-refractivity contribution < 1.29 is 4.39 Å². The molecule has 0 bridgehead atoms. The average molecular weight is 283 g/mol. The molecule has 4 heteroatoms. The molecule has 3 aromatic rings. The molecule has 0 aliphatic heterocycles. The van der Waals surface area contributed by atoms with Gasteiger partial charge in [-0.25, -0.2) is 9.37 Å². The number of para-hydroxylation sites is 1. The first kappa shape index (κ1) is 13.6. The van der Waals surface area contributed by atoms with E-state index in [9.17, 15) is 4.39 Å². The van der Waals surface area contributed by atoms with E-state index in [1.807, 2.05) is 18.2 Å². The van der Waals surface area contributed by atoms with Crippen molar-refractivity contribution in [1.82, 2.24) is 9.97 Å². The monoisotopic (exact) mass is 283 g/mol. The van der Waals surface area contributed by atoms with E-state index in [-0.39, 0.29) is 11.9 Å². The highest BCUT2D eigenvalue weighted by Crippen LogP contribution is 2.26. The molecule has 1 atom stereocenters. The number of aromatic amines is 1. The van der Waals surface area contributed by atoms with Gasteiger partial charge in [-0.2, -0.15) is 0 Å². The van der Waals surface area contributed by atoms with Crippen molar-refractivity contribution in [3.63, 3.8) is 0 Å². The Kier molecular flexibility index (Phi) is 3.60. The molecule has 1 N–H and O–H groups in total. The van der Waals surface area contributed by atoms with Gasteiger partial charge in [-0.1, -0.05) is 18.2 Å². The number of anilines is 1. The van der Waals surface area contributed by atoms with E-state index in [1.165, 1.54) is 12.1 Å². The van der Waals surface area contributed by atoms with Gasteiger partial charge in [-0.15, -0.1) is 0 Å². The summed E-state index contributed by atoms with van der Waals surface area (Å²) in [5, 5.41) is 0. The Labute approximate surface area is 123 Å². The zero-order valence-corrected chi connectivity index (χ0v) is 12.2. The third kappa shape index (κ3) is 2.61. The molecule has 0 saturated heterocycles. The van der Waals surface area contributed by atoms with Gasteiger partial charge < -0.3 is 9.88 Å². The second-order valence-electron chi connectivity index (χ2n) is 5.08. The van der Waals surface area contributed by atoms with E-state index in [0.717, 1.165) is 29.1 Å². The number of fused-ring (bicyclic) bond motifs is 1. The molecule has 21 heavy (non-hydrogen) atoms. The lowest BCUT2D eigenvalue weighted by Crippen LogP contribution is -2.27. The normalized spacial score (nSPS) is 12.5. The van der Waals surface area contributed by atoms with Crippen LogP contribution in [0.3, 0.4) is 0 Å². The van der Waals surface area contributed by atoms with Gasteiger partial charge in [0.15, 0.2) is 0 Å². The minimum atomic E-state index is -0.249. The molecule has 0 fully saturated rings. The lowest BCUT2D eigenvalue weighted by Gasteiger charge is -2.28. The van der Waals surface area contributed by atoms with E-state index in [1.54, 1.807) is 6.07 Å². The highest BCUT2D eigenvalue weighted by molar-refractivity contribution is 5.75. The average Bonchev–Trinajstić information content (AvgIpc) is 2.92. The number of halogens is 1. The van der Waals surface area contributed by atoms with Crippen LogP contribution in [-0.2, 0) is 0 Å². The SMILES string of the molecule is CCN(c1ccccc1)C(C)c1nc2ccc(F)cc2[nH]1. The van der Waals surface area contributed by atoms with E-state index < -0.39 is 0 Å². The molecule has 0 spiro atoms. The minimum Gasteiger partial charge on any atom is -0.362 e. The van der Waals surface area contributed by atoms with Crippen LogP contribution < -0.4 is 4.90 Å². The van der Waals surface area contributed by atoms with Gasteiger partial charge in [0.2, 0.25) is 0 Å². The molecular formula is C17H18FN3. The number of imidazole rings is 1. The van der Waals surface area contributed by atoms with E-state index in [4.69, 9.17) is 0 Å². The number of aromatic nitrogens is 2. The number of nitrogens with zero attached hydrogens (tertiary/aromatic N) is 2. The van der Waals surface area contributed by atoms with Gasteiger partial charge in [0.1, 0.15) is 11.6 Å². The number of benzene rings is 2. The van der Waals surface area contributed by atoms with Gasteiger partial charge in [0, 0.05) is 12.2 Å². The van der Waals surface area contributed by atoms with E-state index >= 15 is 0 Å². The number of hydrogen-bond acceptors (Lipinski definition) is 2. The highest BCUT2D eigenvalue weighted by atomic mass is 19.1. The van der Waals surface area contributed by atoms with Gasteiger partial charge >= 0.3 is 0 Å². The summed E-state index contributed by atoms with van der Waals surface area (Å²) in [5.74, 6) is 0.599. The van der Waals surface area contributed by atoms with Crippen LogP contribution in [0, 0.1) is 5.82 Å². The van der Waals surface area contributed by atoms with Crippen molar-refractivity contribution in [3.8, 4) is 0 Å². The standard InChI is InChI=1S/C17H18FN3/c1-3-21(14-7-5-4-6-8-14)12(2)17-19-15-10-9-13(18)11-16(15)20-17/h4-12H,3H2,1-2H3,(H,19,20). The maximum atomic E-state index is 13.3. The Morgan fingerprint density at radius 3 is 2.67 bits per heavy atom. The van der Waals surface area contributed by atoms with Gasteiger partial charge in [0.05, 0.1) is 17.1 Å². The molecule has 3 nitrogen and oxygen atoms in total. The molecule has 0 aliphatic rings. The summed E-state index contributed by atoms with van der Waals surface area (Å²) in [6.07, 6.45) is 0. The van der Waals surface area contributed by atoms with Crippen molar-refractivity contribution in [2.24, 2.45) is 0 Å². The smallest absolute Gasteiger partial charge is 0.129 e. The van der Waals surface area contributed by atoms with Gasteiger partial charge in [0.25, 0.3) is 0 Å². The first-order valence-corrected chi connectivity index (χ1v) is 7.16. The number of rotatable bonds is 4. The van der Waals surface area contributed by atoms with Crippen LogP contribution in [-0.4, -0.2) is 16.5 Å². The largest absolute Gasteiger partial charge is 0.362 e. The van der Waals surface area contributed by atoms with Crippen LogP contribution in [0.25, 0.3) is 11.0 Å². The molecule has 2 aromatic carbocycles. The molecule has 1 unspecified atom stereocenters. The van der Waals surface area contributed by atoms with Crippen molar-refractivity contribution in [1.29, 1.82) is 0 Å². The zero-order valence-electron chi connectivity index (χ0n) is 12.2. The fourth-order valence-corrected chi connectivity index (χ4v) is 2.65. The number of nitrogens with one attached hydrogen (secondary N) is 1. The molecule has 3 rings (SSSR count). The molecule has 108 valence electrons. The fourth-order valence-electron chi connectivity index (χ4n) is 2.65. The quantitative estimate of drug-likeness (QED) is 0.774. The maximum Gasteiger partial charge on any atom is 0.129 e. The lowest BCUT2D eigenvalue weighted by molar-refractivity contribution is 0.629. The Hall–Kier alpha value is -2.36. The molecule has 1 heterocycles. The minimum absolute atomic E-state index is 0.0906. The molecule has 1 aromatic heterocycles. The Balaban J connectivity index is 1.96. The summed E-state index contributed by atoms with van der Waals surface area (Å²) in [5.41, 5.74) is 2.68. The summed E-state index contributed by atoms with van der Waals surface area (Å²) in [6.45, 7) is 5.09. The van der Waals surface area contributed by atoms with Crippen LogP contribution in [0.4, 0.5) is 10.1 Å². The third-order valence-electron chi connectivity index (χ3n) is 3.75. The van der Waals surface area contributed by atoms with Crippen molar-refractivity contribution in [3.05, 3.63) is 60.2 Å². The van der Waals surface area contributed by atoms with Crippen LogP contribution >= 0.6 is 0 Å². The Morgan fingerprint density at radius 2 is 1.95 bits per heavy atom. The number of hydrogen-bond donors (Lipinski definition) is 1. The predicted octanol–water partition coefficient (Wildman–Crippen LogP) is 4.29. The fraction of sp³-hybridized carbons (Fsp3) is 0.235. The second-order valence-corrected chi connectivity index (χ2v) is 5.08. The third-order valence-corrected chi connectivity index (χ3v) is 3.75. The van der Waals surface area contributed by atoms with Crippen molar-refractivity contribution >= 4 is 16.7 Å². The maximum absolute atomic E-state index is 13.3. The molecule has 0 saturated carbocycles. The molecule has 0 amide bonds. The second kappa shape index (κ2) is 5.56. The van der Waals surface area contributed by atoms with Crippen LogP contribution in [0.15, 0.2) is 48.5 Å². The van der Waals surface area contributed by atoms with Crippen molar-refractivity contribution in [2.45, 2.75) is 19.9 Å². The van der Waals surface area contributed by atoms with Crippen LogP contribution in [0.1, 0.15) is 25.7 Å². The summed E-state index contributed by atoms with van der Waals surface area (Å²) in [6, 6.07) is 14.9. The lowest BCUT2D eigenvalue weighted by atomic mass is 10.2. The van der Waals surface area contributed by atoms with Crippen molar-refractivity contribution in [2.75, 3.05) is 11.4 Å². The topological polar surface area (TPSA) is 31.9 Å². The summed E-state index contributed by atoms with van der Waals surface area (Å²) in [7, 11) is 0. The molecule has 0 aliphatic carbocycles. The summed E-state index contributed by atoms with van der Waals surface area (Å²) in [4.78, 5) is 10.1. The van der Waals surface area contributed by atoms with Crippen LogP contribution in [0.2, 0.25) is 0 Å². The molecule has 0 radical (unpaired) electrons. The highest BCUT2D eigenvalue weighted by Gasteiger charge is 2.18. The van der Waals surface area contributed by atoms with E-state index in [0.29, 0.717) is 0 Å². The summed E-state index contributed by atoms with van der Waals surface area (Å²) >= 11 is 0. The first-order chi connectivity index (χ1) is 10.2. The first-order valence-electron chi connectivity index (χ1n) is 7.16. The van der Waals surface area contributed by atoms with Gasteiger partial charge in [-0.05, 0) is 44.2 Å². The van der Waals surface area contributed by atoms with E-state index in [2.05, 4.69) is 40.8 Å².